The molecule has 140 valence electrons. The van der Waals surface area contributed by atoms with E-state index in [2.05, 4.69) is 20.0 Å². The molecule has 0 aliphatic heterocycles. The lowest BCUT2D eigenvalue weighted by molar-refractivity contribution is -0.136. The average molecular weight is 355 g/mol. The summed E-state index contributed by atoms with van der Waals surface area (Å²) in [6, 6.07) is 0.951. The van der Waals surface area contributed by atoms with Gasteiger partial charge in [0.15, 0.2) is 0 Å². The highest BCUT2D eigenvalue weighted by Gasteiger charge is 2.33. The fourth-order valence-corrected chi connectivity index (χ4v) is 4.95. The molecule has 2 aliphatic carbocycles. The molecule has 6 nitrogen and oxygen atoms in total. The molecule has 2 saturated carbocycles. The van der Waals surface area contributed by atoms with Crippen LogP contribution in [0.1, 0.15) is 74.7 Å². The largest absolute Gasteiger partial charge is 0.337 e. The minimum absolute atomic E-state index is 0.335. The molecule has 0 unspecified atom stereocenters. The van der Waals surface area contributed by atoms with Crippen molar-refractivity contribution in [3.8, 4) is 0 Å². The van der Waals surface area contributed by atoms with Crippen LogP contribution in [0.2, 0.25) is 0 Å². The molecule has 2 fully saturated rings. The molecule has 0 N–H and O–H groups in total. The van der Waals surface area contributed by atoms with Crippen molar-refractivity contribution >= 4 is 11.7 Å². The monoisotopic (exact) mass is 355 g/mol. The maximum Gasteiger partial charge on any atom is 0.252 e. The molecule has 1 amide bonds. The van der Waals surface area contributed by atoms with Gasteiger partial charge in [-0.05, 0) is 51.5 Å². The van der Waals surface area contributed by atoms with E-state index >= 15 is 0 Å². The van der Waals surface area contributed by atoms with Crippen molar-refractivity contribution in [2.45, 2.75) is 90.1 Å². The topological polar surface area (TPSA) is 63.4 Å². The standard InChI is InChI=1S/C20H29N5O/c1-14-18(15(2)25-20(23-14)21-13-22-25)11-12-19(26)24(16-7-3-4-8-16)17-9-5-6-10-17/h13,16-17H,3-12H2,1-2H3. The quantitative estimate of drug-likeness (QED) is 0.825. The SMILES string of the molecule is Cc1nc2ncnn2c(C)c1CCC(=O)N(C1CCCC1)C1CCCC1. The van der Waals surface area contributed by atoms with E-state index in [1.54, 1.807) is 4.52 Å². The van der Waals surface area contributed by atoms with Crippen molar-refractivity contribution in [3.05, 3.63) is 23.3 Å². The minimum atomic E-state index is 0.335. The van der Waals surface area contributed by atoms with E-state index < -0.39 is 0 Å². The van der Waals surface area contributed by atoms with Crippen LogP contribution in [0.4, 0.5) is 0 Å². The van der Waals surface area contributed by atoms with Gasteiger partial charge < -0.3 is 4.90 Å². The Hall–Kier alpha value is -1.98. The third kappa shape index (κ3) is 3.21. The van der Waals surface area contributed by atoms with Crippen molar-refractivity contribution in [3.63, 3.8) is 0 Å². The number of aromatic nitrogens is 4. The van der Waals surface area contributed by atoms with Crippen LogP contribution in [0.3, 0.4) is 0 Å². The summed E-state index contributed by atoms with van der Waals surface area (Å²) in [4.78, 5) is 24.2. The van der Waals surface area contributed by atoms with Crippen LogP contribution < -0.4 is 0 Å². The number of rotatable bonds is 5. The zero-order valence-electron chi connectivity index (χ0n) is 15.9. The molecule has 0 spiro atoms. The summed E-state index contributed by atoms with van der Waals surface area (Å²) in [5.41, 5.74) is 3.14. The van der Waals surface area contributed by atoms with Gasteiger partial charge in [0.25, 0.3) is 5.78 Å². The first-order valence-corrected chi connectivity index (χ1v) is 10.1. The van der Waals surface area contributed by atoms with E-state index in [-0.39, 0.29) is 0 Å². The predicted molar refractivity (Wildman–Crippen MR) is 99.9 cm³/mol. The molecule has 0 bridgehead atoms. The number of carbonyl (C=O) groups excluding carboxylic acids is 1. The maximum absolute atomic E-state index is 13.2. The number of hydrogen-bond donors (Lipinski definition) is 0. The number of carbonyl (C=O) groups is 1. The van der Waals surface area contributed by atoms with Gasteiger partial charge in [0.1, 0.15) is 6.33 Å². The predicted octanol–water partition coefficient (Wildman–Crippen LogP) is 3.39. The van der Waals surface area contributed by atoms with Gasteiger partial charge in [-0.25, -0.2) is 9.50 Å². The summed E-state index contributed by atoms with van der Waals surface area (Å²) in [6.45, 7) is 4.05. The number of fused-ring (bicyclic) bond motifs is 1. The zero-order valence-corrected chi connectivity index (χ0v) is 15.9. The average Bonchev–Trinajstić information content (AvgIpc) is 3.37. The minimum Gasteiger partial charge on any atom is -0.337 e. The van der Waals surface area contributed by atoms with Gasteiger partial charge in [0, 0.05) is 29.9 Å². The second kappa shape index (κ2) is 7.33. The van der Waals surface area contributed by atoms with Gasteiger partial charge in [-0.1, -0.05) is 25.7 Å². The molecule has 2 heterocycles. The fourth-order valence-electron chi connectivity index (χ4n) is 4.95. The molecule has 26 heavy (non-hydrogen) atoms. The summed E-state index contributed by atoms with van der Waals surface area (Å²) in [7, 11) is 0. The molecule has 0 saturated heterocycles. The first kappa shape index (κ1) is 17.4. The lowest BCUT2D eigenvalue weighted by Crippen LogP contribution is -2.45. The summed E-state index contributed by atoms with van der Waals surface area (Å²) in [5, 5.41) is 4.26. The van der Waals surface area contributed by atoms with Crippen LogP contribution in [0.25, 0.3) is 5.78 Å². The first-order valence-electron chi connectivity index (χ1n) is 10.1. The summed E-state index contributed by atoms with van der Waals surface area (Å²) < 4.78 is 1.78. The Labute approximate surface area is 155 Å². The van der Waals surface area contributed by atoms with Gasteiger partial charge >= 0.3 is 0 Å². The molecular formula is C20H29N5O. The molecule has 4 rings (SSSR count). The van der Waals surface area contributed by atoms with E-state index in [1.165, 1.54) is 57.7 Å². The van der Waals surface area contributed by atoms with Crippen LogP contribution in [0.5, 0.6) is 0 Å². The van der Waals surface area contributed by atoms with Crippen LogP contribution in [0.15, 0.2) is 6.33 Å². The second-order valence-electron chi connectivity index (χ2n) is 7.91. The van der Waals surface area contributed by atoms with Gasteiger partial charge in [0.2, 0.25) is 5.91 Å². The van der Waals surface area contributed by atoms with Crippen molar-refractivity contribution < 1.29 is 4.79 Å². The lowest BCUT2D eigenvalue weighted by atomic mass is 10.0. The number of nitrogens with zero attached hydrogens (tertiary/aromatic N) is 5. The van der Waals surface area contributed by atoms with Crippen LogP contribution >= 0.6 is 0 Å². The van der Waals surface area contributed by atoms with Gasteiger partial charge in [-0.3, -0.25) is 4.79 Å². The van der Waals surface area contributed by atoms with Crippen LogP contribution in [-0.2, 0) is 11.2 Å². The number of amides is 1. The van der Waals surface area contributed by atoms with Crippen LogP contribution in [0, 0.1) is 13.8 Å². The first-order chi connectivity index (χ1) is 12.6. The summed E-state index contributed by atoms with van der Waals surface area (Å²) >= 11 is 0. The second-order valence-corrected chi connectivity index (χ2v) is 7.91. The van der Waals surface area contributed by atoms with Crippen molar-refractivity contribution in [2.24, 2.45) is 0 Å². The van der Waals surface area contributed by atoms with Gasteiger partial charge in [0.05, 0.1) is 0 Å². The van der Waals surface area contributed by atoms with Gasteiger partial charge in [-0.15, -0.1) is 0 Å². The Bertz CT molecular complexity index is 771. The Morgan fingerprint density at radius 3 is 2.35 bits per heavy atom. The Morgan fingerprint density at radius 1 is 1.12 bits per heavy atom. The number of aryl methyl sites for hydroxylation is 2. The zero-order chi connectivity index (χ0) is 18.1. The smallest absolute Gasteiger partial charge is 0.252 e. The lowest BCUT2D eigenvalue weighted by Gasteiger charge is -2.35. The Balaban J connectivity index is 1.51. The molecule has 6 heteroatoms. The van der Waals surface area contributed by atoms with E-state index in [0.717, 1.165) is 23.4 Å². The number of hydrogen-bond acceptors (Lipinski definition) is 4. The fraction of sp³-hybridized carbons (Fsp3) is 0.700. The molecular weight excluding hydrogens is 326 g/mol. The molecule has 2 aromatic rings. The summed E-state index contributed by atoms with van der Waals surface area (Å²) in [6.07, 6.45) is 12.7. The van der Waals surface area contributed by atoms with Crippen LogP contribution in [-0.4, -0.2) is 42.5 Å². The third-order valence-corrected chi connectivity index (χ3v) is 6.30. The highest BCUT2D eigenvalue weighted by molar-refractivity contribution is 5.77. The highest BCUT2D eigenvalue weighted by Crippen LogP contribution is 2.32. The molecule has 0 atom stereocenters. The normalized spacial score (nSPS) is 18.8. The Kier molecular flexibility index (Phi) is 4.92. The van der Waals surface area contributed by atoms with Crippen molar-refractivity contribution in [1.82, 2.24) is 24.5 Å². The van der Waals surface area contributed by atoms with Crippen molar-refractivity contribution in [1.29, 1.82) is 0 Å². The molecule has 2 aromatic heterocycles. The summed E-state index contributed by atoms with van der Waals surface area (Å²) in [5.74, 6) is 0.968. The Morgan fingerprint density at radius 2 is 1.73 bits per heavy atom. The highest BCUT2D eigenvalue weighted by atomic mass is 16.2. The molecule has 2 aliphatic rings. The van der Waals surface area contributed by atoms with Crippen molar-refractivity contribution in [2.75, 3.05) is 0 Å². The van der Waals surface area contributed by atoms with E-state index in [9.17, 15) is 4.79 Å². The van der Waals surface area contributed by atoms with E-state index in [0.29, 0.717) is 30.2 Å². The molecule has 0 aromatic carbocycles. The van der Waals surface area contributed by atoms with Gasteiger partial charge in [-0.2, -0.15) is 10.1 Å². The van der Waals surface area contributed by atoms with E-state index in [1.807, 2.05) is 13.8 Å². The third-order valence-electron chi connectivity index (χ3n) is 6.30. The molecule has 0 radical (unpaired) electrons. The maximum atomic E-state index is 13.2. The van der Waals surface area contributed by atoms with E-state index in [4.69, 9.17) is 0 Å².